The molecule has 2 aromatic rings. The zero-order valence-electron chi connectivity index (χ0n) is 11.4. The first-order chi connectivity index (χ1) is 10.6. The molecule has 0 saturated heterocycles. The fourth-order valence-corrected chi connectivity index (χ4v) is 2.30. The Balaban J connectivity index is 2.71. The van der Waals surface area contributed by atoms with Gasteiger partial charge >= 0.3 is 6.36 Å². The quantitative estimate of drug-likeness (QED) is 0.859. The molecule has 1 N–H and O–H groups in total. The molecule has 0 unspecified atom stereocenters. The standard InChI is InChI=1S/C14H7Cl2F3N2O2/c1-6-2-8(9(5-20)13(22)21-6)7-3-10(15)12(16)11(4-7)23-14(17,18)19/h2-4H,1H3,(H,21,22). The predicted octanol–water partition coefficient (Wildman–Crippen LogP) is 4.43. The summed E-state index contributed by atoms with van der Waals surface area (Å²) in [5.41, 5.74) is -0.268. The van der Waals surface area contributed by atoms with Crippen LogP contribution in [0.2, 0.25) is 10.0 Å². The molecule has 120 valence electrons. The molecule has 1 heterocycles. The summed E-state index contributed by atoms with van der Waals surface area (Å²) >= 11 is 11.5. The number of halogens is 5. The van der Waals surface area contributed by atoms with Crippen LogP contribution in [0.4, 0.5) is 13.2 Å². The highest BCUT2D eigenvalue weighted by molar-refractivity contribution is 6.43. The molecule has 23 heavy (non-hydrogen) atoms. The molecule has 0 aliphatic rings. The Labute approximate surface area is 138 Å². The highest BCUT2D eigenvalue weighted by atomic mass is 35.5. The Hall–Kier alpha value is -2.17. The van der Waals surface area contributed by atoms with Crippen molar-refractivity contribution < 1.29 is 17.9 Å². The number of rotatable bonds is 2. The van der Waals surface area contributed by atoms with Gasteiger partial charge < -0.3 is 9.72 Å². The van der Waals surface area contributed by atoms with Crippen LogP contribution in [0.25, 0.3) is 11.1 Å². The van der Waals surface area contributed by atoms with E-state index >= 15 is 0 Å². The SMILES string of the molecule is Cc1cc(-c2cc(Cl)c(Cl)c(OC(F)(F)F)c2)c(C#N)c(=O)[nH]1. The van der Waals surface area contributed by atoms with Crippen molar-refractivity contribution in [3.05, 3.63) is 49.9 Å². The van der Waals surface area contributed by atoms with Gasteiger partial charge in [0.2, 0.25) is 0 Å². The zero-order chi connectivity index (χ0) is 17.4. The van der Waals surface area contributed by atoms with Gasteiger partial charge in [-0.05, 0) is 30.7 Å². The van der Waals surface area contributed by atoms with Gasteiger partial charge in [0.25, 0.3) is 5.56 Å². The molecular weight excluding hydrogens is 356 g/mol. The number of aryl methyl sites for hydroxylation is 1. The molecule has 2 rings (SSSR count). The van der Waals surface area contributed by atoms with E-state index < -0.39 is 22.7 Å². The van der Waals surface area contributed by atoms with Crippen LogP contribution in [0.15, 0.2) is 23.0 Å². The summed E-state index contributed by atoms with van der Waals surface area (Å²) in [6.45, 7) is 1.57. The van der Waals surface area contributed by atoms with Crippen LogP contribution in [0.3, 0.4) is 0 Å². The van der Waals surface area contributed by atoms with Gasteiger partial charge in [-0.15, -0.1) is 13.2 Å². The third kappa shape index (κ3) is 3.78. The number of H-pyrrole nitrogens is 1. The first-order valence-electron chi connectivity index (χ1n) is 6.01. The van der Waals surface area contributed by atoms with Crippen LogP contribution in [-0.2, 0) is 0 Å². The number of alkyl halides is 3. The van der Waals surface area contributed by atoms with Gasteiger partial charge in [0.1, 0.15) is 22.4 Å². The maximum absolute atomic E-state index is 12.4. The van der Waals surface area contributed by atoms with Gasteiger partial charge in [-0.2, -0.15) is 5.26 Å². The van der Waals surface area contributed by atoms with Crippen molar-refractivity contribution in [2.24, 2.45) is 0 Å². The third-order valence-corrected chi connectivity index (χ3v) is 3.60. The van der Waals surface area contributed by atoms with Crippen molar-refractivity contribution in [3.8, 4) is 22.9 Å². The lowest BCUT2D eigenvalue weighted by Gasteiger charge is -2.14. The minimum absolute atomic E-state index is 0.101. The van der Waals surface area contributed by atoms with Crippen LogP contribution in [0.5, 0.6) is 5.75 Å². The molecule has 1 aromatic carbocycles. The van der Waals surface area contributed by atoms with Gasteiger partial charge in [-0.1, -0.05) is 23.2 Å². The lowest BCUT2D eigenvalue weighted by molar-refractivity contribution is -0.274. The normalized spacial score (nSPS) is 11.2. The van der Waals surface area contributed by atoms with E-state index in [1.165, 1.54) is 12.1 Å². The molecule has 0 aliphatic heterocycles. The monoisotopic (exact) mass is 362 g/mol. The van der Waals surface area contributed by atoms with Crippen molar-refractivity contribution in [3.63, 3.8) is 0 Å². The van der Waals surface area contributed by atoms with Crippen LogP contribution in [0.1, 0.15) is 11.3 Å². The molecule has 0 saturated carbocycles. The molecule has 0 aliphatic carbocycles. The van der Waals surface area contributed by atoms with E-state index in [0.717, 1.165) is 6.07 Å². The average Bonchev–Trinajstić information content (AvgIpc) is 2.41. The largest absolute Gasteiger partial charge is 0.573 e. The second-order valence-electron chi connectivity index (χ2n) is 4.50. The van der Waals surface area contributed by atoms with E-state index in [0.29, 0.717) is 5.69 Å². The van der Waals surface area contributed by atoms with Crippen molar-refractivity contribution >= 4 is 23.2 Å². The summed E-state index contributed by atoms with van der Waals surface area (Å²) < 4.78 is 41.1. The van der Waals surface area contributed by atoms with Crippen molar-refractivity contribution in [1.82, 2.24) is 4.98 Å². The fourth-order valence-electron chi connectivity index (χ4n) is 1.95. The zero-order valence-corrected chi connectivity index (χ0v) is 12.9. The number of nitrogens with one attached hydrogen (secondary N) is 1. The molecule has 0 amide bonds. The Morgan fingerprint density at radius 1 is 1.26 bits per heavy atom. The van der Waals surface area contributed by atoms with Gasteiger partial charge in [-0.3, -0.25) is 4.79 Å². The van der Waals surface area contributed by atoms with Gasteiger partial charge in [0, 0.05) is 11.3 Å². The Morgan fingerprint density at radius 2 is 1.91 bits per heavy atom. The lowest BCUT2D eigenvalue weighted by Crippen LogP contribution is -2.17. The highest BCUT2D eigenvalue weighted by Crippen LogP contribution is 2.39. The summed E-state index contributed by atoms with van der Waals surface area (Å²) in [6.07, 6.45) is -4.96. The summed E-state index contributed by atoms with van der Waals surface area (Å²) in [7, 11) is 0. The van der Waals surface area contributed by atoms with E-state index in [-0.39, 0.29) is 21.7 Å². The number of nitrogens with zero attached hydrogens (tertiary/aromatic N) is 1. The number of ether oxygens (including phenoxy) is 1. The van der Waals surface area contributed by atoms with Crippen LogP contribution >= 0.6 is 23.2 Å². The number of nitriles is 1. The van der Waals surface area contributed by atoms with Crippen LogP contribution in [0, 0.1) is 18.3 Å². The summed E-state index contributed by atoms with van der Waals surface area (Å²) in [4.78, 5) is 14.2. The molecule has 1 aromatic heterocycles. The molecule has 0 radical (unpaired) electrons. The topological polar surface area (TPSA) is 65.9 Å². The molecule has 0 spiro atoms. The number of aromatic nitrogens is 1. The first-order valence-corrected chi connectivity index (χ1v) is 6.77. The Kier molecular flexibility index (Phi) is 4.59. The van der Waals surface area contributed by atoms with Crippen LogP contribution < -0.4 is 10.3 Å². The Morgan fingerprint density at radius 3 is 2.48 bits per heavy atom. The number of hydrogen-bond donors (Lipinski definition) is 1. The van der Waals surface area contributed by atoms with E-state index in [1.54, 1.807) is 13.0 Å². The van der Waals surface area contributed by atoms with Crippen molar-refractivity contribution in [1.29, 1.82) is 5.26 Å². The number of aromatic amines is 1. The molecule has 0 fully saturated rings. The maximum atomic E-state index is 12.4. The predicted molar refractivity (Wildman–Crippen MR) is 78.7 cm³/mol. The fraction of sp³-hybridized carbons (Fsp3) is 0.143. The number of hydrogen-bond acceptors (Lipinski definition) is 3. The third-order valence-electron chi connectivity index (χ3n) is 2.81. The first kappa shape index (κ1) is 17.2. The minimum Gasteiger partial charge on any atom is -0.404 e. The van der Waals surface area contributed by atoms with E-state index in [1.807, 2.05) is 0 Å². The van der Waals surface area contributed by atoms with Crippen LogP contribution in [-0.4, -0.2) is 11.3 Å². The average molecular weight is 363 g/mol. The summed E-state index contributed by atoms with van der Waals surface area (Å²) in [5.74, 6) is -0.719. The van der Waals surface area contributed by atoms with E-state index in [2.05, 4.69) is 9.72 Å². The number of pyridine rings is 1. The smallest absolute Gasteiger partial charge is 0.404 e. The molecule has 4 nitrogen and oxygen atoms in total. The minimum atomic E-state index is -4.96. The molecule has 0 bridgehead atoms. The summed E-state index contributed by atoms with van der Waals surface area (Å²) in [5, 5.41) is 8.46. The second kappa shape index (κ2) is 6.14. The second-order valence-corrected chi connectivity index (χ2v) is 5.29. The van der Waals surface area contributed by atoms with E-state index in [9.17, 15) is 18.0 Å². The van der Waals surface area contributed by atoms with E-state index in [4.69, 9.17) is 28.5 Å². The number of benzene rings is 1. The van der Waals surface area contributed by atoms with Crippen molar-refractivity contribution in [2.75, 3.05) is 0 Å². The summed E-state index contributed by atoms with van der Waals surface area (Å²) in [6, 6.07) is 5.37. The van der Waals surface area contributed by atoms with Crippen molar-refractivity contribution in [2.45, 2.75) is 13.3 Å². The van der Waals surface area contributed by atoms with Gasteiger partial charge in [0.15, 0.2) is 0 Å². The van der Waals surface area contributed by atoms with Gasteiger partial charge in [0.05, 0.1) is 5.02 Å². The molecule has 0 atom stereocenters. The lowest BCUT2D eigenvalue weighted by atomic mass is 10.0. The molecule has 9 heteroatoms. The highest BCUT2D eigenvalue weighted by Gasteiger charge is 2.32. The Bertz CT molecular complexity index is 870. The van der Waals surface area contributed by atoms with Gasteiger partial charge in [-0.25, -0.2) is 0 Å². The maximum Gasteiger partial charge on any atom is 0.573 e. The molecular formula is C14H7Cl2F3N2O2.